The lowest BCUT2D eigenvalue weighted by Gasteiger charge is -2.32. The summed E-state index contributed by atoms with van der Waals surface area (Å²) in [4.78, 5) is 2.59. The van der Waals surface area contributed by atoms with Gasteiger partial charge in [-0.3, -0.25) is 4.90 Å². The number of hydrogen-bond donors (Lipinski definition) is 1. The molecule has 178 valence electrons. The minimum atomic E-state index is 0. The summed E-state index contributed by atoms with van der Waals surface area (Å²) in [6.45, 7) is 4.47. The molecule has 1 aliphatic heterocycles. The third-order valence-electron chi connectivity index (χ3n) is 6.62. The van der Waals surface area contributed by atoms with Crippen molar-refractivity contribution in [2.75, 3.05) is 25.0 Å². The highest BCUT2D eigenvalue weighted by Crippen LogP contribution is 2.32. The molecule has 3 N–H and O–H groups in total. The Kier molecular flexibility index (Phi) is 10.6. The first-order chi connectivity index (χ1) is 14.8. The van der Waals surface area contributed by atoms with Gasteiger partial charge in [-0.25, -0.2) is 0 Å². The molecule has 0 spiro atoms. The van der Waals surface area contributed by atoms with Crippen LogP contribution in [0.25, 0.3) is 11.3 Å². The molecule has 5 nitrogen and oxygen atoms in total. The van der Waals surface area contributed by atoms with Gasteiger partial charge in [0.1, 0.15) is 5.82 Å². The molecule has 3 aromatic rings. The normalized spacial score (nSPS) is 15.2. The molecule has 1 fully saturated rings. The number of piperidine rings is 1. The summed E-state index contributed by atoms with van der Waals surface area (Å²) < 4.78 is 0. The van der Waals surface area contributed by atoms with E-state index in [-0.39, 0.29) is 30.3 Å². The summed E-state index contributed by atoms with van der Waals surface area (Å²) in [5.74, 6) is 1.73. The number of likely N-dealkylation sites (tertiary alicyclic amines) is 1. The number of anilines is 1. The van der Waals surface area contributed by atoms with Crippen LogP contribution in [0.15, 0.2) is 60.7 Å². The van der Waals surface area contributed by atoms with Crippen molar-refractivity contribution in [3.05, 3.63) is 77.4 Å². The van der Waals surface area contributed by atoms with Gasteiger partial charge >= 0.3 is 0 Å². The number of benzene rings is 2. The van der Waals surface area contributed by atoms with Crippen LogP contribution in [0.4, 0.5) is 5.82 Å². The van der Waals surface area contributed by atoms with Crippen LogP contribution in [-0.4, -0.2) is 40.2 Å². The van der Waals surface area contributed by atoms with Crippen molar-refractivity contribution in [2.24, 2.45) is 5.92 Å². The second kappa shape index (κ2) is 12.9. The van der Waals surface area contributed by atoms with E-state index in [1.165, 1.54) is 54.6 Å². The number of rotatable bonds is 6. The van der Waals surface area contributed by atoms with Gasteiger partial charge in [-0.05, 0) is 73.9 Å². The fourth-order valence-corrected chi connectivity index (χ4v) is 4.85. The van der Waals surface area contributed by atoms with Crippen LogP contribution < -0.4 is 5.32 Å². The molecule has 0 saturated carbocycles. The summed E-state index contributed by atoms with van der Waals surface area (Å²) in [7, 11) is 0. The Balaban J connectivity index is 0.00000128. The Morgan fingerprint density at radius 3 is 2.33 bits per heavy atom. The fraction of sp³-hybridized carbons (Fsp3) is 0.385. The predicted molar refractivity (Wildman–Crippen MR) is 141 cm³/mol. The molecule has 7 heteroatoms. The second-order valence-corrected chi connectivity index (χ2v) is 8.68. The maximum Gasteiger partial charge on any atom is 0.148 e. The fourth-order valence-electron chi connectivity index (χ4n) is 4.85. The van der Waals surface area contributed by atoms with Gasteiger partial charge in [0, 0.05) is 18.7 Å². The summed E-state index contributed by atoms with van der Waals surface area (Å²) in [5, 5.41) is 12.5. The number of nitrogens with one attached hydrogen (secondary N) is 1. The van der Waals surface area contributed by atoms with Crippen LogP contribution in [0.5, 0.6) is 0 Å². The van der Waals surface area contributed by atoms with Gasteiger partial charge in [-0.2, -0.15) is 0 Å². The molecule has 33 heavy (non-hydrogen) atoms. The monoisotopic (exact) mass is 488 g/mol. The summed E-state index contributed by atoms with van der Waals surface area (Å²) in [6.07, 6.45) is 5.94. The lowest BCUT2D eigenvalue weighted by molar-refractivity contribution is 0.174. The quantitative estimate of drug-likeness (QED) is 0.531. The molecule has 5 rings (SSSR count). The van der Waals surface area contributed by atoms with Crippen LogP contribution in [0, 0.1) is 5.92 Å². The van der Waals surface area contributed by atoms with E-state index in [1.807, 2.05) is 0 Å². The summed E-state index contributed by atoms with van der Waals surface area (Å²) in [6, 6.07) is 21.6. The van der Waals surface area contributed by atoms with E-state index in [2.05, 4.69) is 81.1 Å². The van der Waals surface area contributed by atoms with Crippen LogP contribution in [0.1, 0.15) is 36.0 Å². The molecule has 2 aliphatic rings. The maximum absolute atomic E-state index is 4.56. The molecule has 1 aromatic heterocycles. The lowest BCUT2D eigenvalue weighted by Crippen LogP contribution is -2.33. The molecule has 0 bridgehead atoms. The smallest absolute Gasteiger partial charge is 0.148 e. The van der Waals surface area contributed by atoms with E-state index in [9.17, 15) is 0 Å². The van der Waals surface area contributed by atoms with Crippen LogP contribution in [0.3, 0.4) is 0 Å². The Bertz CT molecular complexity index is 995. The first-order valence-corrected chi connectivity index (χ1v) is 11.3. The molecule has 1 saturated heterocycles. The molecular formula is C26H34Cl2N4O. The van der Waals surface area contributed by atoms with E-state index in [4.69, 9.17) is 0 Å². The zero-order valence-corrected chi connectivity index (χ0v) is 20.5. The molecule has 0 amide bonds. The van der Waals surface area contributed by atoms with Gasteiger partial charge in [0.15, 0.2) is 0 Å². The minimum absolute atomic E-state index is 0. The molecule has 0 radical (unpaired) electrons. The standard InChI is InChI=1S/C26H30N4.2ClH.H2O/c1-2-6-21(7-3-1)19-30-16-13-20(14-17-30)12-15-27-25-18-23-11-10-22-8-4-5-9-24(22)26(23)29-28-25;;;/h1-9,18,20H,10-17,19H2,(H,27,28);2*1H;1H2. The van der Waals surface area contributed by atoms with Gasteiger partial charge in [0.05, 0.1) is 5.69 Å². The molecule has 0 unspecified atom stereocenters. The van der Waals surface area contributed by atoms with E-state index in [1.54, 1.807) is 0 Å². The Hall–Kier alpha value is -2.18. The molecular weight excluding hydrogens is 455 g/mol. The lowest BCUT2D eigenvalue weighted by atomic mass is 9.89. The van der Waals surface area contributed by atoms with E-state index in [0.29, 0.717) is 0 Å². The number of hydrogen-bond acceptors (Lipinski definition) is 4. The Labute approximate surface area is 209 Å². The number of nitrogens with zero attached hydrogens (tertiary/aromatic N) is 3. The topological polar surface area (TPSA) is 72.6 Å². The van der Waals surface area contributed by atoms with Crippen LogP contribution in [0.2, 0.25) is 0 Å². The highest BCUT2D eigenvalue weighted by molar-refractivity contribution is 5.85. The van der Waals surface area contributed by atoms with Crippen LogP contribution >= 0.6 is 24.8 Å². The molecule has 2 aromatic carbocycles. The highest BCUT2D eigenvalue weighted by Gasteiger charge is 2.20. The molecule has 2 heterocycles. The van der Waals surface area contributed by atoms with Gasteiger partial charge in [-0.15, -0.1) is 35.0 Å². The van der Waals surface area contributed by atoms with Gasteiger partial charge in [0.25, 0.3) is 0 Å². The van der Waals surface area contributed by atoms with Gasteiger partial charge < -0.3 is 10.8 Å². The third kappa shape index (κ3) is 6.67. The van der Waals surface area contributed by atoms with Crippen molar-refractivity contribution in [3.63, 3.8) is 0 Å². The maximum atomic E-state index is 4.56. The third-order valence-corrected chi connectivity index (χ3v) is 6.62. The average Bonchev–Trinajstić information content (AvgIpc) is 2.81. The first kappa shape index (κ1) is 27.1. The van der Waals surface area contributed by atoms with E-state index < -0.39 is 0 Å². The van der Waals surface area contributed by atoms with Crippen molar-refractivity contribution in [2.45, 2.75) is 38.6 Å². The Morgan fingerprint density at radius 2 is 1.55 bits per heavy atom. The summed E-state index contributed by atoms with van der Waals surface area (Å²) >= 11 is 0. The van der Waals surface area contributed by atoms with Crippen molar-refractivity contribution in [1.82, 2.24) is 15.1 Å². The van der Waals surface area contributed by atoms with Crippen molar-refractivity contribution >= 4 is 30.6 Å². The first-order valence-electron chi connectivity index (χ1n) is 11.3. The van der Waals surface area contributed by atoms with Gasteiger partial charge in [-0.1, -0.05) is 54.6 Å². The van der Waals surface area contributed by atoms with Crippen molar-refractivity contribution in [1.29, 1.82) is 0 Å². The van der Waals surface area contributed by atoms with E-state index in [0.717, 1.165) is 43.4 Å². The SMILES string of the molecule is Cl.Cl.O.c1ccc(CN2CCC(CCNc3cc4c(nn3)-c3ccccc3CC4)CC2)cc1. The van der Waals surface area contributed by atoms with Crippen molar-refractivity contribution in [3.8, 4) is 11.3 Å². The zero-order chi connectivity index (χ0) is 20.2. The minimum Gasteiger partial charge on any atom is -0.412 e. The predicted octanol–water partition coefficient (Wildman–Crippen LogP) is 4.98. The second-order valence-electron chi connectivity index (χ2n) is 8.68. The molecule has 1 aliphatic carbocycles. The molecule has 0 atom stereocenters. The largest absolute Gasteiger partial charge is 0.412 e. The Morgan fingerprint density at radius 1 is 0.848 bits per heavy atom. The number of fused-ring (bicyclic) bond motifs is 3. The van der Waals surface area contributed by atoms with Crippen molar-refractivity contribution < 1.29 is 5.48 Å². The number of halogens is 2. The zero-order valence-electron chi connectivity index (χ0n) is 18.9. The highest BCUT2D eigenvalue weighted by atomic mass is 35.5. The number of aromatic nitrogens is 2. The van der Waals surface area contributed by atoms with Crippen LogP contribution in [-0.2, 0) is 19.4 Å². The van der Waals surface area contributed by atoms with Gasteiger partial charge in [0.2, 0.25) is 0 Å². The number of aryl methyl sites for hydroxylation is 2. The van der Waals surface area contributed by atoms with E-state index >= 15 is 0 Å². The summed E-state index contributed by atoms with van der Waals surface area (Å²) in [5.41, 5.74) is 6.44. The average molecular weight is 489 g/mol.